The van der Waals surface area contributed by atoms with Crippen LogP contribution < -0.4 is 5.73 Å². The monoisotopic (exact) mass is 337 g/mol. The van der Waals surface area contributed by atoms with Crippen molar-refractivity contribution in [3.8, 4) is 5.75 Å². The average Bonchev–Trinajstić information content (AvgIpc) is 2.22. The van der Waals surface area contributed by atoms with Gasteiger partial charge in [0.15, 0.2) is 0 Å². The number of aromatic hydroxyl groups is 1. The first-order chi connectivity index (χ1) is 7.08. The van der Waals surface area contributed by atoms with Gasteiger partial charge in [-0.2, -0.15) is 0 Å². The molecule has 0 aromatic heterocycles. The molecule has 4 N–H and O–H groups in total. The molecule has 0 aliphatic heterocycles. The van der Waals surface area contributed by atoms with Crippen LogP contribution in [-0.2, 0) is 6.42 Å². The first kappa shape index (κ1) is 13.0. The Bertz CT molecular complexity index is 317. The Morgan fingerprint density at radius 1 is 1.27 bits per heavy atom. The Kier molecular flexibility index (Phi) is 5.05. The van der Waals surface area contributed by atoms with E-state index in [0.29, 0.717) is 21.9 Å². The Labute approximate surface area is 106 Å². The van der Waals surface area contributed by atoms with E-state index in [1.54, 1.807) is 0 Å². The van der Waals surface area contributed by atoms with Crippen LogP contribution in [-0.4, -0.2) is 23.4 Å². The number of hydrogen-bond donors (Lipinski definition) is 3. The van der Waals surface area contributed by atoms with E-state index >= 15 is 0 Å². The standard InChI is InChI=1S/C10H13Br2NO2/c11-8-2-6(1-7(4-13)5-14)3-9(12)10(8)15/h2-3,7,14-15H,1,4-5,13H2. The smallest absolute Gasteiger partial charge is 0.143 e. The van der Waals surface area contributed by atoms with Gasteiger partial charge in [-0.05, 0) is 68.4 Å². The zero-order chi connectivity index (χ0) is 11.4. The van der Waals surface area contributed by atoms with Gasteiger partial charge < -0.3 is 15.9 Å². The Balaban J connectivity index is 2.87. The van der Waals surface area contributed by atoms with Crippen LogP contribution in [0, 0.1) is 5.92 Å². The van der Waals surface area contributed by atoms with E-state index in [-0.39, 0.29) is 18.3 Å². The van der Waals surface area contributed by atoms with Crippen molar-refractivity contribution in [2.24, 2.45) is 11.7 Å². The van der Waals surface area contributed by atoms with Crippen molar-refractivity contribution in [3.63, 3.8) is 0 Å². The molecule has 0 bridgehead atoms. The van der Waals surface area contributed by atoms with Gasteiger partial charge in [0.2, 0.25) is 0 Å². The highest BCUT2D eigenvalue weighted by Crippen LogP contribution is 2.33. The molecular formula is C10H13Br2NO2. The third-order valence-corrected chi connectivity index (χ3v) is 3.40. The summed E-state index contributed by atoms with van der Waals surface area (Å²) in [6, 6.07) is 3.66. The van der Waals surface area contributed by atoms with E-state index in [0.717, 1.165) is 5.56 Å². The molecule has 0 saturated carbocycles. The molecule has 0 aliphatic carbocycles. The highest BCUT2D eigenvalue weighted by atomic mass is 79.9. The molecule has 3 nitrogen and oxygen atoms in total. The van der Waals surface area contributed by atoms with Crippen molar-refractivity contribution in [1.29, 1.82) is 0 Å². The zero-order valence-corrected chi connectivity index (χ0v) is 11.3. The topological polar surface area (TPSA) is 66.5 Å². The Morgan fingerprint density at radius 3 is 2.20 bits per heavy atom. The Hall–Kier alpha value is -0.100. The van der Waals surface area contributed by atoms with Crippen molar-refractivity contribution in [1.82, 2.24) is 0 Å². The molecule has 1 atom stereocenters. The van der Waals surface area contributed by atoms with Crippen LogP contribution in [0.15, 0.2) is 21.1 Å². The van der Waals surface area contributed by atoms with Gasteiger partial charge in [-0.3, -0.25) is 0 Å². The SMILES string of the molecule is NCC(CO)Cc1cc(Br)c(O)c(Br)c1. The van der Waals surface area contributed by atoms with Gasteiger partial charge in [-0.25, -0.2) is 0 Å². The fourth-order valence-corrected chi connectivity index (χ4v) is 2.57. The van der Waals surface area contributed by atoms with Crippen LogP contribution in [0.3, 0.4) is 0 Å². The Morgan fingerprint density at radius 2 is 1.80 bits per heavy atom. The fourth-order valence-electron chi connectivity index (χ4n) is 1.29. The van der Waals surface area contributed by atoms with Crippen molar-refractivity contribution in [3.05, 3.63) is 26.6 Å². The fraction of sp³-hybridized carbons (Fsp3) is 0.400. The van der Waals surface area contributed by atoms with Crippen LogP contribution >= 0.6 is 31.9 Å². The average molecular weight is 339 g/mol. The van der Waals surface area contributed by atoms with Crippen LogP contribution in [0.2, 0.25) is 0 Å². The number of phenols is 1. The van der Waals surface area contributed by atoms with E-state index in [4.69, 9.17) is 10.8 Å². The molecular weight excluding hydrogens is 326 g/mol. The summed E-state index contributed by atoms with van der Waals surface area (Å²) >= 11 is 6.51. The molecule has 15 heavy (non-hydrogen) atoms. The quantitative estimate of drug-likeness (QED) is 0.787. The normalized spacial score (nSPS) is 12.8. The minimum atomic E-state index is 0.0633. The molecule has 0 amide bonds. The van der Waals surface area contributed by atoms with Crippen LogP contribution in [0.5, 0.6) is 5.75 Å². The molecule has 0 fully saturated rings. The number of benzene rings is 1. The highest BCUT2D eigenvalue weighted by molar-refractivity contribution is 9.11. The van der Waals surface area contributed by atoms with E-state index < -0.39 is 0 Å². The molecule has 1 unspecified atom stereocenters. The predicted octanol–water partition coefficient (Wildman–Crippen LogP) is 2.03. The third kappa shape index (κ3) is 3.45. The number of hydrogen-bond acceptors (Lipinski definition) is 3. The number of rotatable bonds is 4. The highest BCUT2D eigenvalue weighted by Gasteiger charge is 2.10. The number of nitrogens with two attached hydrogens (primary N) is 1. The van der Waals surface area contributed by atoms with Crippen molar-refractivity contribution in [2.45, 2.75) is 6.42 Å². The summed E-state index contributed by atoms with van der Waals surface area (Å²) in [6.45, 7) is 0.527. The largest absolute Gasteiger partial charge is 0.506 e. The summed E-state index contributed by atoms with van der Waals surface area (Å²) in [5.41, 5.74) is 6.53. The van der Waals surface area contributed by atoms with Crippen LogP contribution in [0.25, 0.3) is 0 Å². The minimum Gasteiger partial charge on any atom is -0.506 e. The third-order valence-electron chi connectivity index (χ3n) is 2.19. The summed E-state index contributed by atoms with van der Waals surface area (Å²) in [4.78, 5) is 0. The van der Waals surface area contributed by atoms with Gasteiger partial charge in [0.05, 0.1) is 8.95 Å². The predicted molar refractivity (Wildman–Crippen MR) is 66.8 cm³/mol. The first-order valence-corrected chi connectivity index (χ1v) is 6.15. The summed E-state index contributed by atoms with van der Waals surface area (Å²) in [5.74, 6) is 0.250. The lowest BCUT2D eigenvalue weighted by atomic mass is 10.0. The molecule has 0 aliphatic rings. The molecule has 1 rings (SSSR count). The summed E-state index contributed by atoms with van der Waals surface area (Å²) in [5, 5.41) is 18.5. The van der Waals surface area contributed by atoms with Gasteiger partial charge in [0.1, 0.15) is 5.75 Å². The molecule has 0 spiro atoms. The van der Waals surface area contributed by atoms with Crippen molar-refractivity contribution in [2.75, 3.05) is 13.2 Å². The number of halogens is 2. The molecule has 84 valence electrons. The van der Waals surface area contributed by atoms with E-state index in [9.17, 15) is 5.11 Å². The lowest BCUT2D eigenvalue weighted by Gasteiger charge is -2.12. The molecule has 0 saturated heterocycles. The summed E-state index contributed by atoms with van der Waals surface area (Å²) < 4.78 is 1.28. The van der Waals surface area contributed by atoms with Crippen molar-refractivity contribution >= 4 is 31.9 Å². The maximum Gasteiger partial charge on any atom is 0.143 e. The maximum absolute atomic E-state index is 9.51. The number of aliphatic hydroxyl groups excluding tert-OH is 1. The first-order valence-electron chi connectivity index (χ1n) is 4.56. The molecule has 0 heterocycles. The molecule has 0 radical (unpaired) electrons. The van der Waals surface area contributed by atoms with E-state index in [1.165, 1.54) is 0 Å². The molecule has 5 heteroatoms. The minimum absolute atomic E-state index is 0.0633. The van der Waals surface area contributed by atoms with Gasteiger partial charge in [-0.1, -0.05) is 0 Å². The van der Waals surface area contributed by atoms with Gasteiger partial charge in [0, 0.05) is 6.61 Å². The van der Waals surface area contributed by atoms with E-state index in [2.05, 4.69) is 31.9 Å². The second-order valence-corrected chi connectivity index (χ2v) is 5.11. The molecule has 1 aromatic rings. The maximum atomic E-state index is 9.51. The van der Waals surface area contributed by atoms with Crippen molar-refractivity contribution < 1.29 is 10.2 Å². The van der Waals surface area contributed by atoms with Gasteiger partial charge in [0.25, 0.3) is 0 Å². The lowest BCUT2D eigenvalue weighted by Crippen LogP contribution is -2.20. The zero-order valence-electron chi connectivity index (χ0n) is 8.08. The second kappa shape index (κ2) is 5.84. The lowest BCUT2D eigenvalue weighted by molar-refractivity contribution is 0.230. The van der Waals surface area contributed by atoms with Gasteiger partial charge >= 0.3 is 0 Å². The van der Waals surface area contributed by atoms with Crippen LogP contribution in [0.4, 0.5) is 0 Å². The van der Waals surface area contributed by atoms with Crippen LogP contribution in [0.1, 0.15) is 5.56 Å². The number of phenolic OH excluding ortho intramolecular Hbond substituents is 1. The molecule has 1 aromatic carbocycles. The number of aliphatic hydroxyl groups is 1. The summed E-state index contributed by atoms with van der Waals surface area (Å²) in [7, 11) is 0. The van der Waals surface area contributed by atoms with E-state index in [1.807, 2.05) is 12.1 Å². The second-order valence-electron chi connectivity index (χ2n) is 3.40. The summed E-state index contributed by atoms with van der Waals surface area (Å²) in [6.07, 6.45) is 0.699. The van der Waals surface area contributed by atoms with Gasteiger partial charge in [-0.15, -0.1) is 0 Å².